The molecule has 2 unspecified atom stereocenters. The molecule has 0 amide bonds. The zero-order valence-electron chi connectivity index (χ0n) is 12.7. The van der Waals surface area contributed by atoms with Gasteiger partial charge in [-0.15, -0.1) is 0 Å². The van der Waals surface area contributed by atoms with E-state index in [2.05, 4.69) is 17.3 Å². The van der Waals surface area contributed by atoms with Gasteiger partial charge in [0.25, 0.3) is 0 Å². The first-order valence-electron chi connectivity index (χ1n) is 7.37. The quantitative estimate of drug-likeness (QED) is 0.661. The first-order chi connectivity index (χ1) is 9.40. The van der Waals surface area contributed by atoms with Gasteiger partial charge in [-0.1, -0.05) is 13.3 Å². The molecule has 1 aromatic heterocycles. The van der Waals surface area contributed by atoms with Crippen molar-refractivity contribution < 1.29 is 4.92 Å². The monoisotopic (exact) mass is 280 g/mol. The van der Waals surface area contributed by atoms with Crippen molar-refractivity contribution >= 4 is 11.5 Å². The zero-order valence-corrected chi connectivity index (χ0v) is 12.7. The van der Waals surface area contributed by atoms with E-state index in [0.717, 1.165) is 12.5 Å². The molecule has 20 heavy (non-hydrogen) atoms. The Morgan fingerprint density at radius 3 is 2.70 bits per heavy atom. The second-order valence-corrected chi connectivity index (χ2v) is 6.24. The number of anilines is 1. The lowest BCUT2D eigenvalue weighted by atomic mass is 10.1. The Labute approximate surface area is 119 Å². The van der Waals surface area contributed by atoms with Gasteiger partial charge in [0, 0.05) is 12.6 Å². The Morgan fingerprint density at radius 2 is 2.20 bits per heavy atom. The van der Waals surface area contributed by atoms with Crippen molar-refractivity contribution in [3.63, 3.8) is 0 Å². The Balaban J connectivity index is 2.18. The molecule has 6 nitrogen and oxygen atoms in total. The van der Waals surface area contributed by atoms with E-state index < -0.39 is 0 Å². The normalized spacial score (nSPS) is 22.4. The molecule has 0 radical (unpaired) electrons. The number of aryl methyl sites for hydroxylation is 1. The van der Waals surface area contributed by atoms with Gasteiger partial charge in [0.15, 0.2) is 0 Å². The summed E-state index contributed by atoms with van der Waals surface area (Å²) in [6.45, 7) is 8.73. The minimum Gasteiger partial charge on any atom is -0.364 e. The maximum Gasteiger partial charge on any atom is 0.333 e. The standard InChI is InChI=1S/C14H24N4O2/c1-9(2)17-14(13(18(19)20)11(4)16-17)15-8-12-6-5-10(3)7-12/h9-10,12,15H,5-8H2,1-4H3. The smallest absolute Gasteiger partial charge is 0.333 e. The predicted octanol–water partition coefficient (Wildman–Crippen LogP) is 3.53. The summed E-state index contributed by atoms with van der Waals surface area (Å²) in [5.74, 6) is 1.94. The van der Waals surface area contributed by atoms with Gasteiger partial charge in [-0.05, 0) is 45.4 Å². The summed E-state index contributed by atoms with van der Waals surface area (Å²) in [6.07, 6.45) is 3.67. The van der Waals surface area contributed by atoms with E-state index in [1.54, 1.807) is 11.6 Å². The molecule has 1 fully saturated rings. The Hall–Kier alpha value is -1.59. The first kappa shape index (κ1) is 14.8. The summed E-state index contributed by atoms with van der Waals surface area (Å²) in [6, 6.07) is 0.104. The molecular weight excluding hydrogens is 256 g/mol. The highest BCUT2D eigenvalue weighted by molar-refractivity contribution is 5.59. The number of nitrogens with zero attached hydrogens (tertiary/aromatic N) is 3. The minimum absolute atomic E-state index is 0.104. The zero-order chi connectivity index (χ0) is 14.9. The summed E-state index contributed by atoms with van der Waals surface area (Å²) < 4.78 is 1.73. The largest absolute Gasteiger partial charge is 0.364 e. The van der Waals surface area contributed by atoms with Crippen LogP contribution < -0.4 is 5.32 Å². The number of nitro groups is 1. The van der Waals surface area contributed by atoms with Crippen LogP contribution in [0.4, 0.5) is 11.5 Å². The summed E-state index contributed by atoms with van der Waals surface area (Å²) >= 11 is 0. The van der Waals surface area contributed by atoms with Gasteiger partial charge in [-0.3, -0.25) is 10.1 Å². The van der Waals surface area contributed by atoms with Crippen molar-refractivity contribution in [1.82, 2.24) is 9.78 Å². The molecule has 0 aliphatic heterocycles. The minimum atomic E-state index is -0.333. The third kappa shape index (κ3) is 2.94. The van der Waals surface area contributed by atoms with Crippen molar-refractivity contribution in [2.45, 2.75) is 53.0 Å². The van der Waals surface area contributed by atoms with Crippen LogP contribution in [0.5, 0.6) is 0 Å². The molecule has 0 bridgehead atoms. The fraction of sp³-hybridized carbons (Fsp3) is 0.786. The van der Waals surface area contributed by atoms with Crippen LogP contribution in [0.25, 0.3) is 0 Å². The molecule has 6 heteroatoms. The average molecular weight is 280 g/mol. The highest BCUT2D eigenvalue weighted by atomic mass is 16.6. The fourth-order valence-electron chi connectivity index (χ4n) is 3.05. The van der Waals surface area contributed by atoms with E-state index in [1.807, 2.05) is 13.8 Å². The van der Waals surface area contributed by atoms with Crippen LogP contribution >= 0.6 is 0 Å². The van der Waals surface area contributed by atoms with Crippen molar-refractivity contribution in [3.05, 3.63) is 15.8 Å². The summed E-state index contributed by atoms with van der Waals surface area (Å²) in [5.41, 5.74) is 0.593. The molecule has 1 heterocycles. The van der Waals surface area contributed by atoms with Crippen molar-refractivity contribution in [2.75, 3.05) is 11.9 Å². The lowest BCUT2D eigenvalue weighted by molar-refractivity contribution is -0.384. The molecule has 0 aromatic carbocycles. The third-order valence-corrected chi connectivity index (χ3v) is 4.09. The lowest BCUT2D eigenvalue weighted by Crippen LogP contribution is -2.16. The van der Waals surface area contributed by atoms with Crippen molar-refractivity contribution in [1.29, 1.82) is 0 Å². The van der Waals surface area contributed by atoms with Crippen LogP contribution in [-0.4, -0.2) is 21.2 Å². The maximum atomic E-state index is 11.2. The van der Waals surface area contributed by atoms with Crippen LogP contribution in [0, 0.1) is 28.9 Å². The van der Waals surface area contributed by atoms with Crippen LogP contribution in [0.3, 0.4) is 0 Å². The second-order valence-electron chi connectivity index (χ2n) is 6.24. The van der Waals surface area contributed by atoms with Crippen LogP contribution in [0.1, 0.15) is 51.8 Å². The summed E-state index contributed by atoms with van der Waals surface area (Å²) in [5, 5.41) is 18.8. The first-order valence-corrected chi connectivity index (χ1v) is 7.37. The van der Waals surface area contributed by atoms with Gasteiger partial charge >= 0.3 is 5.69 Å². The fourth-order valence-corrected chi connectivity index (χ4v) is 3.05. The second kappa shape index (κ2) is 5.81. The Kier molecular flexibility index (Phi) is 4.30. The number of aromatic nitrogens is 2. The van der Waals surface area contributed by atoms with Gasteiger partial charge in [-0.2, -0.15) is 5.10 Å². The number of hydrogen-bond donors (Lipinski definition) is 1. The molecule has 0 spiro atoms. The average Bonchev–Trinajstić information content (AvgIpc) is 2.90. The number of hydrogen-bond acceptors (Lipinski definition) is 4. The summed E-state index contributed by atoms with van der Waals surface area (Å²) in [7, 11) is 0. The number of nitrogens with one attached hydrogen (secondary N) is 1. The van der Waals surface area contributed by atoms with Gasteiger partial charge in [0.2, 0.25) is 5.82 Å². The molecule has 2 rings (SSSR count). The van der Waals surface area contributed by atoms with Crippen LogP contribution in [0.2, 0.25) is 0 Å². The van der Waals surface area contributed by atoms with E-state index in [1.165, 1.54) is 19.3 Å². The molecule has 1 aliphatic rings. The van der Waals surface area contributed by atoms with E-state index in [9.17, 15) is 10.1 Å². The van der Waals surface area contributed by atoms with Crippen LogP contribution in [0.15, 0.2) is 0 Å². The Morgan fingerprint density at radius 1 is 1.50 bits per heavy atom. The van der Waals surface area contributed by atoms with Crippen molar-refractivity contribution in [3.8, 4) is 0 Å². The van der Waals surface area contributed by atoms with E-state index in [-0.39, 0.29) is 16.7 Å². The molecule has 0 saturated heterocycles. The van der Waals surface area contributed by atoms with Gasteiger partial charge in [-0.25, -0.2) is 4.68 Å². The Bertz CT molecular complexity index is 496. The topological polar surface area (TPSA) is 73.0 Å². The maximum absolute atomic E-state index is 11.2. The predicted molar refractivity (Wildman–Crippen MR) is 79.0 cm³/mol. The van der Waals surface area contributed by atoms with E-state index >= 15 is 0 Å². The van der Waals surface area contributed by atoms with Crippen molar-refractivity contribution in [2.24, 2.45) is 11.8 Å². The molecule has 1 aromatic rings. The molecular formula is C14H24N4O2. The highest BCUT2D eigenvalue weighted by Crippen LogP contribution is 2.33. The summed E-state index contributed by atoms with van der Waals surface area (Å²) in [4.78, 5) is 10.9. The van der Waals surface area contributed by atoms with E-state index in [4.69, 9.17) is 0 Å². The lowest BCUT2D eigenvalue weighted by Gasteiger charge is -2.15. The SMILES string of the molecule is Cc1nn(C(C)C)c(NCC2CCC(C)C2)c1[N+](=O)[O-]. The number of rotatable bonds is 5. The van der Waals surface area contributed by atoms with E-state index in [0.29, 0.717) is 17.4 Å². The van der Waals surface area contributed by atoms with Gasteiger partial charge in [0.05, 0.1) is 4.92 Å². The molecule has 1 N–H and O–H groups in total. The molecule has 2 atom stereocenters. The third-order valence-electron chi connectivity index (χ3n) is 4.09. The molecule has 112 valence electrons. The molecule has 1 saturated carbocycles. The highest BCUT2D eigenvalue weighted by Gasteiger charge is 2.28. The van der Waals surface area contributed by atoms with Crippen LogP contribution in [-0.2, 0) is 0 Å². The van der Waals surface area contributed by atoms with Gasteiger partial charge < -0.3 is 5.32 Å². The molecule has 1 aliphatic carbocycles. The van der Waals surface area contributed by atoms with Gasteiger partial charge in [0.1, 0.15) is 5.69 Å².